The maximum atomic E-state index is 10.9. The van der Waals surface area contributed by atoms with Crippen molar-refractivity contribution in [2.75, 3.05) is 11.4 Å². The Labute approximate surface area is 129 Å². The molecule has 4 nitrogen and oxygen atoms in total. The Morgan fingerprint density at radius 3 is 2.43 bits per heavy atom. The quantitative estimate of drug-likeness (QED) is 0.886. The standard InChI is InChI=1S/C16H20N2O2S/c1-11-4-6-14(7-5-11)18(9-8-16(19)20)10-15-17-12(2)13(3)21-15/h4-7H,8-10H2,1-3H3,(H,19,20). The molecule has 0 fully saturated rings. The number of benzene rings is 1. The molecule has 0 aliphatic heterocycles. The number of carbonyl (C=O) groups is 1. The molecule has 2 aromatic rings. The van der Waals surface area contributed by atoms with Gasteiger partial charge in [0.2, 0.25) is 0 Å². The smallest absolute Gasteiger partial charge is 0.305 e. The minimum atomic E-state index is -0.779. The van der Waals surface area contributed by atoms with E-state index in [1.807, 2.05) is 38.1 Å². The lowest BCUT2D eigenvalue weighted by atomic mass is 10.2. The van der Waals surface area contributed by atoms with Crippen LogP contribution in [-0.2, 0) is 11.3 Å². The van der Waals surface area contributed by atoms with Gasteiger partial charge in [0, 0.05) is 17.1 Å². The largest absolute Gasteiger partial charge is 0.481 e. The number of rotatable bonds is 6. The molecule has 1 aromatic carbocycles. The highest BCUT2D eigenvalue weighted by Crippen LogP contribution is 2.22. The number of anilines is 1. The fraction of sp³-hybridized carbons (Fsp3) is 0.375. The summed E-state index contributed by atoms with van der Waals surface area (Å²) in [6.45, 7) is 7.23. The Bertz CT molecular complexity index is 600. The summed E-state index contributed by atoms with van der Waals surface area (Å²) in [5, 5.41) is 9.95. The van der Waals surface area contributed by atoms with Crippen molar-refractivity contribution >= 4 is 23.0 Å². The molecule has 0 atom stereocenters. The van der Waals surface area contributed by atoms with Crippen molar-refractivity contribution in [1.82, 2.24) is 4.98 Å². The van der Waals surface area contributed by atoms with Crippen LogP contribution >= 0.6 is 11.3 Å². The second-order valence-corrected chi connectivity index (χ2v) is 6.44. The summed E-state index contributed by atoms with van der Waals surface area (Å²) in [6.07, 6.45) is 0.122. The molecule has 0 aliphatic carbocycles. The fourth-order valence-electron chi connectivity index (χ4n) is 2.06. The van der Waals surface area contributed by atoms with Gasteiger partial charge in [-0.2, -0.15) is 0 Å². The molecule has 0 bridgehead atoms. The van der Waals surface area contributed by atoms with Crippen LogP contribution < -0.4 is 4.90 Å². The van der Waals surface area contributed by atoms with Gasteiger partial charge in [0.25, 0.3) is 0 Å². The number of carboxylic acid groups (broad SMARTS) is 1. The van der Waals surface area contributed by atoms with Crippen LogP contribution in [0.15, 0.2) is 24.3 Å². The fourth-order valence-corrected chi connectivity index (χ4v) is 3.01. The zero-order valence-electron chi connectivity index (χ0n) is 12.6. The summed E-state index contributed by atoms with van der Waals surface area (Å²) in [5.74, 6) is -0.779. The van der Waals surface area contributed by atoms with E-state index in [0.29, 0.717) is 13.1 Å². The van der Waals surface area contributed by atoms with E-state index in [4.69, 9.17) is 5.11 Å². The molecular formula is C16H20N2O2S. The Kier molecular flexibility index (Phi) is 4.96. The van der Waals surface area contributed by atoms with E-state index in [9.17, 15) is 4.79 Å². The molecular weight excluding hydrogens is 284 g/mol. The molecule has 1 heterocycles. The topological polar surface area (TPSA) is 53.4 Å². The molecule has 112 valence electrons. The number of aromatic nitrogens is 1. The van der Waals surface area contributed by atoms with E-state index in [-0.39, 0.29) is 6.42 Å². The van der Waals surface area contributed by atoms with Crippen molar-refractivity contribution in [3.05, 3.63) is 45.4 Å². The molecule has 0 saturated heterocycles. The summed E-state index contributed by atoms with van der Waals surface area (Å²) in [7, 11) is 0. The average Bonchev–Trinajstić information content (AvgIpc) is 2.74. The van der Waals surface area contributed by atoms with Crippen molar-refractivity contribution in [3.63, 3.8) is 0 Å². The summed E-state index contributed by atoms with van der Waals surface area (Å²) < 4.78 is 0. The van der Waals surface area contributed by atoms with Gasteiger partial charge < -0.3 is 10.0 Å². The Morgan fingerprint density at radius 2 is 1.90 bits per heavy atom. The molecule has 2 rings (SSSR count). The van der Waals surface area contributed by atoms with Gasteiger partial charge in [-0.15, -0.1) is 11.3 Å². The van der Waals surface area contributed by atoms with Crippen molar-refractivity contribution in [3.8, 4) is 0 Å². The third kappa shape index (κ3) is 4.29. The minimum Gasteiger partial charge on any atom is -0.481 e. The molecule has 0 radical (unpaired) electrons. The maximum absolute atomic E-state index is 10.9. The first-order valence-corrected chi connectivity index (χ1v) is 7.73. The van der Waals surface area contributed by atoms with Crippen LogP contribution in [0.3, 0.4) is 0 Å². The highest BCUT2D eigenvalue weighted by Gasteiger charge is 2.12. The van der Waals surface area contributed by atoms with E-state index in [1.165, 1.54) is 10.4 Å². The van der Waals surface area contributed by atoms with Crippen LogP contribution in [0, 0.1) is 20.8 Å². The predicted octanol–water partition coefficient (Wildman–Crippen LogP) is 3.55. The van der Waals surface area contributed by atoms with Crippen LogP contribution in [-0.4, -0.2) is 22.6 Å². The third-order valence-electron chi connectivity index (χ3n) is 3.39. The van der Waals surface area contributed by atoms with Crippen molar-refractivity contribution in [2.24, 2.45) is 0 Å². The normalized spacial score (nSPS) is 10.6. The zero-order chi connectivity index (χ0) is 15.4. The lowest BCUT2D eigenvalue weighted by Gasteiger charge is -2.23. The minimum absolute atomic E-state index is 0.122. The zero-order valence-corrected chi connectivity index (χ0v) is 13.4. The summed E-state index contributed by atoms with van der Waals surface area (Å²) >= 11 is 1.67. The molecule has 5 heteroatoms. The molecule has 0 amide bonds. The van der Waals surface area contributed by atoms with Gasteiger partial charge in [-0.3, -0.25) is 4.79 Å². The van der Waals surface area contributed by atoms with Crippen LogP contribution in [0.5, 0.6) is 0 Å². The number of aryl methyl sites for hydroxylation is 3. The Hall–Kier alpha value is -1.88. The molecule has 1 aromatic heterocycles. The number of thiazole rings is 1. The Morgan fingerprint density at radius 1 is 1.24 bits per heavy atom. The monoisotopic (exact) mass is 304 g/mol. The van der Waals surface area contributed by atoms with Gasteiger partial charge in [-0.05, 0) is 32.9 Å². The van der Waals surface area contributed by atoms with Crippen LogP contribution in [0.4, 0.5) is 5.69 Å². The number of hydrogen-bond acceptors (Lipinski definition) is 4. The van der Waals surface area contributed by atoms with Gasteiger partial charge >= 0.3 is 5.97 Å². The number of hydrogen-bond donors (Lipinski definition) is 1. The second-order valence-electron chi connectivity index (χ2n) is 5.15. The first-order chi connectivity index (χ1) is 9.95. The number of nitrogens with zero attached hydrogens (tertiary/aromatic N) is 2. The van der Waals surface area contributed by atoms with Crippen LogP contribution in [0.1, 0.15) is 27.6 Å². The van der Waals surface area contributed by atoms with Gasteiger partial charge in [0.15, 0.2) is 0 Å². The van der Waals surface area contributed by atoms with Gasteiger partial charge in [-0.1, -0.05) is 17.7 Å². The highest BCUT2D eigenvalue weighted by atomic mass is 32.1. The second kappa shape index (κ2) is 6.72. The molecule has 21 heavy (non-hydrogen) atoms. The first kappa shape index (κ1) is 15.5. The van der Waals surface area contributed by atoms with Crippen molar-refractivity contribution in [1.29, 1.82) is 0 Å². The van der Waals surface area contributed by atoms with E-state index >= 15 is 0 Å². The van der Waals surface area contributed by atoms with Crippen molar-refractivity contribution < 1.29 is 9.90 Å². The number of carboxylic acids is 1. The first-order valence-electron chi connectivity index (χ1n) is 6.92. The van der Waals surface area contributed by atoms with E-state index in [0.717, 1.165) is 16.4 Å². The predicted molar refractivity (Wildman–Crippen MR) is 86.1 cm³/mol. The van der Waals surface area contributed by atoms with Gasteiger partial charge in [0.05, 0.1) is 18.7 Å². The summed E-state index contributed by atoms with van der Waals surface area (Å²) in [5.41, 5.74) is 3.28. The van der Waals surface area contributed by atoms with Crippen LogP contribution in [0.25, 0.3) is 0 Å². The lowest BCUT2D eigenvalue weighted by molar-refractivity contribution is -0.136. The Balaban J connectivity index is 2.18. The molecule has 0 unspecified atom stereocenters. The van der Waals surface area contributed by atoms with Crippen molar-refractivity contribution in [2.45, 2.75) is 33.7 Å². The average molecular weight is 304 g/mol. The summed E-state index contributed by atoms with van der Waals surface area (Å²) in [6, 6.07) is 8.15. The SMILES string of the molecule is Cc1ccc(N(CCC(=O)O)Cc2nc(C)c(C)s2)cc1. The van der Waals surface area contributed by atoms with E-state index < -0.39 is 5.97 Å². The molecule has 1 N–H and O–H groups in total. The summed E-state index contributed by atoms with van der Waals surface area (Å²) in [4.78, 5) is 18.7. The number of aliphatic carboxylic acids is 1. The maximum Gasteiger partial charge on any atom is 0.305 e. The van der Waals surface area contributed by atoms with Gasteiger partial charge in [-0.25, -0.2) is 4.98 Å². The molecule has 0 saturated carbocycles. The van der Waals surface area contributed by atoms with E-state index in [2.05, 4.69) is 16.8 Å². The van der Waals surface area contributed by atoms with Crippen LogP contribution in [0.2, 0.25) is 0 Å². The molecule has 0 aliphatic rings. The lowest BCUT2D eigenvalue weighted by Crippen LogP contribution is -2.25. The third-order valence-corrected chi connectivity index (χ3v) is 4.45. The van der Waals surface area contributed by atoms with Gasteiger partial charge in [0.1, 0.15) is 5.01 Å². The highest BCUT2D eigenvalue weighted by molar-refractivity contribution is 7.11. The molecule has 0 spiro atoms. The van der Waals surface area contributed by atoms with E-state index in [1.54, 1.807) is 11.3 Å².